The molecular weight excluding hydrogens is 242 g/mol. The highest BCUT2D eigenvalue weighted by Crippen LogP contribution is 2.16. The summed E-state index contributed by atoms with van der Waals surface area (Å²) in [5.74, 6) is 4.23. The lowest BCUT2D eigenvalue weighted by atomic mass is 10.2. The predicted octanol–water partition coefficient (Wildman–Crippen LogP) is 3.47. The summed E-state index contributed by atoms with van der Waals surface area (Å²) in [6, 6.07) is 5.80. The van der Waals surface area contributed by atoms with Crippen molar-refractivity contribution in [3.05, 3.63) is 24.0 Å². The Kier molecular flexibility index (Phi) is 4.53. The quantitative estimate of drug-likeness (QED) is 0.620. The topological polar surface area (TPSA) is 54.7 Å². The average Bonchev–Trinajstić information content (AvgIpc) is 2.70. The van der Waals surface area contributed by atoms with Gasteiger partial charge in [0.05, 0.1) is 11.0 Å². The van der Waals surface area contributed by atoms with Crippen LogP contribution in [0.3, 0.4) is 0 Å². The van der Waals surface area contributed by atoms with E-state index in [9.17, 15) is 0 Å². The maximum atomic E-state index is 5.75. The van der Waals surface area contributed by atoms with E-state index < -0.39 is 0 Å². The molecular formula is C14H21N3S. The first-order valence-corrected chi connectivity index (χ1v) is 7.62. The Hall–Kier alpha value is -1.16. The zero-order chi connectivity index (χ0) is 13.0. The van der Waals surface area contributed by atoms with Gasteiger partial charge in [0.2, 0.25) is 0 Å². The number of aromatic nitrogens is 2. The molecule has 0 spiro atoms. The van der Waals surface area contributed by atoms with Gasteiger partial charge in [0.15, 0.2) is 0 Å². The van der Waals surface area contributed by atoms with Crippen LogP contribution >= 0.6 is 11.8 Å². The van der Waals surface area contributed by atoms with E-state index in [1.165, 1.54) is 12.2 Å². The Morgan fingerprint density at radius 2 is 2.17 bits per heavy atom. The zero-order valence-corrected chi connectivity index (χ0v) is 11.9. The Morgan fingerprint density at radius 3 is 2.94 bits per heavy atom. The van der Waals surface area contributed by atoms with Crippen molar-refractivity contribution < 1.29 is 0 Å². The van der Waals surface area contributed by atoms with Gasteiger partial charge in [-0.2, -0.15) is 11.8 Å². The van der Waals surface area contributed by atoms with Gasteiger partial charge in [-0.15, -0.1) is 0 Å². The molecule has 0 radical (unpaired) electrons. The van der Waals surface area contributed by atoms with Gasteiger partial charge in [-0.25, -0.2) is 4.98 Å². The second-order valence-electron chi connectivity index (χ2n) is 5.00. The number of aryl methyl sites for hydroxylation is 1. The van der Waals surface area contributed by atoms with E-state index in [0.29, 0.717) is 0 Å². The number of anilines is 1. The molecule has 3 N–H and O–H groups in total. The molecule has 1 aromatic heterocycles. The zero-order valence-electron chi connectivity index (χ0n) is 11.1. The van der Waals surface area contributed by atoms with Gasteiger partial charge in [-0.3, -0.25) is 0 Å². The van der Waals surface area contributed by atoms with E-state index in [4.69, 9.17) is 5.73 Å². The normalized spacial score (nSPS) is 11.5. The summed E-state index contributed by atoms with van der Waals surface area (Å²) in [6.07, 6.45) is 2.29. The maximum Gasteiger partial charge on any atom is 0.108 e. The summed E-state index contributed by atoms with van der Waals surface area (Å²) in [5.41, 5.74) is 8.58. The maximum absolute atomic E-state index is 5.75. The summed E-state index contributed by atoms with van der Waals surface area (Å²) in [5, 5.41) is 0. The van der Waals surface area contributed by atoms with Crippen LogP contribution < -0.4 is 5.73 Å². The minimum atomic E-state index is 0.781. The van der Waals surface area contributed by atoms with Crippen LogP contribution in [0, 0.1) is 5.92 Å². The second-order valence-corrected chi connectivity index (χ2v) is 6.23. The largest absolute Gasteiger partial charge is 0.399 e. The van der Waals surface area contributed by atoms with Crippen LogP contribution in [0.1, 0.15) is 26.1 Å². The van der Waals surface area contributed by atoms with Crippen molar-refractivity contribution >= 4 is 28.5 Å². The van der Waals surface area contributed by atoms with Crippen molar-refractivity contribution in [3.63, 3.8) is 0 Å². The highest BCUT2D eigenvalue weighted by atomic mass is 32.2. The number of imidazole rings is 1. The first kappa shape index (κ1) is 13.3. The highest BCUT2D eigenvalue weighted by molar-refractivity contribution is 7.99. The number of rotatable bonds is 6. The Balaban J connectivity index is 1.84. The molecule has 18 heavy (non-hydrogen) atoms. The van der Waals surface area contributed by atoms with Crippen molar-refractivity contribution in [3.8, 4) is 0 Å². The van der Waals surface area contributed by atoms with Crippen molar-refractivity contribution in [1.82, 2.24) is 9.97 Å². The first-order chi connectivity index (χ1) is 8.65. The highest BCUT2D eigenvalue weighted by Gasteiger charge is 2.03. The van der Waals surface area contributed by atoms with Crippen LogP contribution in [0.15, 0.2) is 18.2 Å². The molecule has 0 aliphatic heterocycles. The summed E-state index contributed by atoms with van der Waals surface area (Å²) in [6.45, 7) is 4.54. The number of hydrogen-bond donors (Lipinski definition) is 2. The molecule has 2 rings (SSSR count). The van der Waals surface area contributed by atoms with Gasteiger partial charge in [0, 0.05) is 17.9 Å². The molecule has 2 aromatic rings. The molecule has 0 saturated carbocycles. The van der Waals surface area contributed by atoms with Gasteiger partial charge in [0.1, 0.15) is 5.82 Å². The van der Waals surface area contributed by atoms with Gasteiger partial charge in [0.25, 0.3) is 0 Å². The van der Waals surface area contributed by atoms with Gasteiger partial charge < -0.3 is 10.7 Å². The molecule has 1 aromatic carbocycles. The first-order valence-electron chi connectivity index (χ1n) is 6.47. The smallest absolute Gasteiger partial charge is 0.108 e. The fourth-order valence-electron chi connectivity index (χ4n) is 1.79. The van der Waals surface area contributed by atoms with Gasteiger partial charge >= 0.3 is 0 Å². The molecule has 4 heteroatoms. The summed E-state index contributed by atoms with van der Waals surface area (Å²) in [7, 11) is 0. The Morgan fingerprint density at radius 1 is 1.33 bits per heavy atom. The number of nitrogens with two attached hydrogens (primary N) is 1. The number of nitrogens with zero attached hydrogens (tertiary/aromatic N) is 1. The fourth-order valence-corrected chi connectivity index (χ4v) is 2.97. The number of fused-ring (bicyclic) bond motifs is 1. The minimum absolute atomic E-state index is 0.781. The second kappa shape index (κ2) is 6.14. The Labute approximate surface area is 113 Å². The lowest BCUT2D eigenvalue weighted by molar-refractivity contribution is 0.632. The molecule has 0 amide bonds. The van der Waals surface area contributed by atoms with Crippen LogP contribution in [0.5, 0.6) is 0 Å². The fraction of sp³-hybridized carbons (Fsp3) is 0.500. The number of hydrogen-bond acceptors (Lipinski definition) is 3. The molecule has 3 nitrogen and oxygen atoms in total. The number of thioether (sulfide) groups is 1. The van der Waals surface area contributed by atoms with Crippen molar-refractivity contribution in [2.24, 2.45) is 5.92 Å². The van der Waals surface area contributed by atoms with Crippen LogP contribution in [0.25, 0.3) is 11.0 Å². The number of nitrogens with one attached hydrogen (secondary N) is 1. The van der Waals surface area contributed by atoms with Gasteiger partial charge in [-0.1, -0.05) is 13.8 Å². The van der Waals surface area contributed by atoms with E-state index in [0.717, 1.165) is 40.6 Å². The van der Waals surface area contributed by atoms with Gasteiger partial charge in [-0.05, 0) is 36.3 Å². The number of benzene rings is 1. The summed E-state index contributed by atoms with van der Waals surface area (Å²) in [4.78, 5) is 7.89. The van der Waals surface area contributed by atoms with Crippen LogP contribution in [0.4, 0.5) is 5.69 Å². The monoisotopic (exact) mass is 263 g/mol. The molecule has 0 atom stereocenters. The molecule has 0 saturated heterocycles. The van der Waals surface area contributed by atoms with Crippen molar-refractivity contribution in [2.75, 3.05) is 17.2 Å². The van der Waals surface area contributed by atoms with Crippen molar-refractivity contribution in [1.29, 1.82) is 0 Å². The molecule has 0 bridgehead atoms. The van der Waals surface area contributed by atoms with E-state index in [1.54, 1.807) is 0 Å². The molecule has 98 valence electrons. The number of nitrogen functional groups attached to an aromatic ring is 1. The van der Waals surface area contributed by atoms with Crippen molar-refractivity contribution in [2.45, 2.75) is 26.7 Å². The summed E-state index contributed by atoms with van der Waals surface area (Å²) < 4.78 is 0. The Bertz CT molecular complexity index is 505. The SMILES string of the molecule is CC(C)CCSCCc1nc2ccc(N)cc2[nH]1. The molecule has 0 aliphatic rings. The molecule has 0 fully saturated rings. The predicted molar refractivity (Wildman–Crippen MR) is 81.0 cm³/mol. The van der Waals surface area contributed by atoms with E-state index >= 15 is 0 Å². The third-order valence-electron chi connectivity index (χ3n) is 2.88. The number of aromatic amines is 1. The van der Waals surface area contributed by atoms with E-state index in [-0.39, 0.29) is 0 Å². The lowest BCUT2D eigenvalue weighted by Crippen LogP contribution is -1.94. The average molecular weight is 263 g/mol. The van der Waals surface area contributed by atoms with E-state index in [2.05, 4.69) is 23.8 Å². The standard InChI is InChI=1S/C14H21N3S/c1-10(2)5-7-18-8-6-14-16-12-4-3-11(15)9-13(12)17-14/h3-4,9-10H,5-8,15H2,1-2H3,(H,16,17). The third kappa shape index (κ3) is 3.67. The van der Waals surface area contributed by atoms with Crippen LogP contribution in [-0.4, -0.2) is 21.5 Å². The van der Waals surface area contributed by atoms with Crippen LogP contribution in [0.2, 0.25) is 0 Å². The molecule has 1 heterocycles. The van der Waals surface area contributed by atoms with E-state index in [1.807, 2.05) is 30.0 Å². The minimum Gasteiger partial charge on any atom is -0.399 e. The summed E-state index contributed by atoms with van der Waals surface area (Å²) >= 11 is 2.00. The number of H-pyrrole nitrogens is 1. The van der Waals surface area contributed by atoms with Crippen LogP contribution in [-0.2, 0) is 6.42 Å². The lowest BCUT2D eigenvalue weighted by Gasteiger charge is -2.03. The molecule has 0 aliphatic carbocycles. The molecule has 0 unspecified atom stereocenters. The third-order valence-corrected chi connectivity index (χ3v) is 3.89.